The fourth-order valence-corrected chi connectivity index (χ4v) is 2.89. The van der Waals surface area contributed by atoms with Crippen LogP contribution in [0.15, 0.2) is 83.3 Å². The third kappa shape index (κ3) is 6.18. The number of carbonyl (C=O) groups excluding carboxylic acids is 2. The first-order valence-corrected chi connectivity index (χ1v) is 10.3. The van der Waals surface area contributed by atoms with Crippen molar-refractivity contribution in [1.29, 1.82) is 0 Å². The molecule has 1 N–H and O–H groups in total. The number of nitrogens with one attached hydrogen (secondary N) is 1. The van der Waals surface area contributed by atoms with Crippen LogP contribution in [-0.2, 0) is 16.1 Å². The minimum Gasteiger partial charge on any atom is -0.457 e. The lowest BCUT2D eigenvalue weighted by molar-refractivity contribution is -0.144. The molecular formula is C24H18ClN3O5. The molecule has 4 rings (SSSR count). The Kier molecular flexibility index (Phi) is 6.96. The normalized spacial score (nSPS) is 10.5. The van der Waals surface area contributed by atoms with E-state index in [1.807, 2.05) is 30.3 Å². The van der Waals surface area contributed by atoms with E-state index in [0.717, 1.165) is 0 Å². The lowest BCUT2D eigenvalue weighted by atomic mass is 10.2. The van der Waals surface area contributed by atoms with Crippen molar-refractivity contribution >= 4 is 23.5 Å². The third-order valence-corrected chi connectivity index (χ3v) is 4.66. The molecule has 33 heavy (non-hydrogen) atoms. The molecule has 0 unspecified atom stereocenters. The minimum absolute atomic E-state index is 0.133. The predicted octanol–water partition coefficient (Wildman–Crippen LogP) is 4.66. The van der Waals surface area contributed by atoms with Crippen molar-refractivity contribution in [3.63, 3.8) is 0 Å². The van der Waals surface area contributed by atoms with Gasteiger partial charge in [-0.05, 0) is 60.7 Å². The lowest BCUT2D eigenvalue weighted by Crippen LogP contribution is -2.30. The molecule has 0 saturated carbocycles. The third-order valence-electron chi connectivity index (χ3n) is 4.40. The van der Waals surface area contributed by atoms with E-state index in [2.05, 4.69) is 15.5 Å². The molecule has 1 amide bonds. The zero-order chi connectivity index (χ0) is 23.0. The summed E-state index contributed by atoms with van der Waals surface area (Å²) in [5, 5.41) is 10.8. The van der Waals surface area contributed by atoms with Gasteiger partial charge >= 0.3 is 5.97 Å². The molecule has 0 bridgehead atoms. The average Bonchev–Trinajstić information content (AvgIpc) is 3.32. The summed E-state index contributed by atoms with van der Waals surface area (Å²) in [7, 11) is 0. The number of hydrogen-bond acceptors (Lipinski definition) is 7. The molecule has 0 aliphatic rings. The van der Waals surface area contributed by atoms with Gasteiger partial charge < -0.3 is 19.2 Å². The standard InChI is InChI=1S/C24H18ClN3O5/c25-18-10-6-17(7-11-18)24-28-27-21(33-24)15-31-22(29)14-26-23(30)16-8-12-20(13-9-16)32-19-4-2-1-3-5-19/h1-13H,14-15H2,(H,26,30). The van der Waals surface area contributed by atoms with Gasteiger partial charge in [-0.1, -0.05) is 29.8 Å². The summed E-state index contributed by atoms with van der Waals surface area (Å²) < 4.78 is 16.2. The van der Waals surface area contributed by atoms with E-state index in [-0.39, 0.29) is 24.9 Å². The molecular weight excluding hydrogens is 446 g/mol. The number of nitrogens with zero attached hydrogens (tertiary/aromatic N) is 2. The Bertz CT molecular complexity index is 1230. The lowest BCUT2D eigenvalue weighted by Gasteiger charge is -2.07. The van der Waals surface area contributed by atoms with E-state index in [0.29, 0.717) is 27.6 Å². The molecule has 9 heteroatoms. The monoisotopic (exact) mass is 463 g/mol. The predicted molar refractivity (Wildman–Crippen MR) is 120 cm³/mol. The van der Waals surface area contributed by atoms with E-state index in [4.69, 9.17) is 25.5 Å². The summed E-state index contributed by atoms with van der Waals surface area (Å²) in [5.74, 6) is 0.646. The fourth-order valence-electron chi connectivity index (χ4n) is 2.77. The van der Waals surface area contributed by atoms with Crippen LogP contribution in [0.2, 0.25) is 5.02 Å². The maximum absolute atomic E-state index is 12.3. The van der Waals surface area contributed by atoms with Crippen LogP contribution in [0.3, 0.4) is 0 Å². The Hall–Kier alpha value is -4.17. The first-order valence-electron chi connectivity index (χ1n) is 9.92. The number of rotatable bonds is 8. The summed E-state index contributed by atoms with van der Waals surface area (Å²) in [4.78, 5) is 24.2. The number of esters is 1. The van der Waals surface area contributed by atoms with Gasteiger partial charge in [-0.3, -0.25) is 9.59 Å². The molecule has 0 aliphatic carbocycles. The van der Waals surface area contributed by atoms with Gasteiger partial charge in [-0.2, -0.15) is 0 Å². The van der Waals surface area contributed by atoms with Gasteiger partial charge in [0.15, 0.2) is 6.61 Å². The highest BCUT2D eigenvalue weighted by Gasteiger charge is 2.13. The number of amides is 1. The van der Waals surface area contributed by atoms with Gasteiger partial charge in [0, 0.05) is 16.1 Å². The van der Waals surface area contributed by atoms with Crippen LogP contribution in [0.4, 0.5) is 0 Å². The van der Waals surface area contributed by atoms with Gasteiger partial charge in [0.25, 0.3) is 11.8 Å². The van der Waals surface area contributed by atoms with Gasteiger partial charge in [-0.25, -0.2) is 0 Å². The summed E-state index contributed by atoms with van der Waals surface area (Å²) in [6, 6.07) is 22.7. The average molecular weight is 464 g/mol. The summed E-state index contributed by atoms with van der Waals surface area (Å²) in [6.07, 6.45) is 0. The molecule has 0 fully saturated rings. The van der Waals surface area contributed by atoms with Crippen molar-refractivity contribution in [2.75, 3.05) is 6.54 Å². The van der Waals surface area contributed by atoms with Crippen molar-refractivity contribution in [2.45, 2.75) is 6.61 Å². The highest BCUT2D eigenvalue weighted by atomic mass is 35.5. The topological polar surface area (TPSA) is 104 Å². The molecule has 3 aromatic carbocycles. The van der Waals surface area contributed by atoms with Gasteiger partial charge in [0.2, 0.25) is 5.89 Å². The second-order valence-electron chi connectivity index (χ2n) is 6.79. The minimum atomic E-state index is -0.640. The number of para-hydroxylation sites is 1. The number of benzene rings is 3. The number of halogens is 1. The van der Waals surface area contributed by atoms with Crippen LogP contribution in [0.5, 0.6) is 11.5 Å². The quantitative estimate of drug-likeness (QED) is 0.379. The molecule has 166 valence electrons. The van der Waals surface area contributed by atoms with Crippen LogP contribution in [0.25, 0.3) is 11.5 Å². The zero-order valence-corrected chi connectivity index (χ0v) is 18.0. The number of aromatic nitrogens is 2. The highest BCUT2D eigenvalue weighted by molar-refractivity contribution is 6.30. The SMILES string of the molecule is O=C(CNC(=O)c1ccc(Oc2ccccc2)cc1)OCc1nnc(-c2ccc(Cl)cc2)o1. The van der Waals surface area contributed by atoms with Crippen LogP contribution in [-0.4, -0.2) is 28.6 Å². The van der Waals surface area contributed by atoms with Gasteiger partial charge in [0.05, 0.1) is 0 Å². The van der Waals surface area contributed by atoms with Crippen LogP contribution >= 0.6 is 11.6 Å². The summed E-state index contributed by atoms with van der Waals surface area (Å²) >= 11 is 5.86. The maximum Gasteiger partial charge on any atom is 0.325 e. The van der Waals surface area contributed by atoms with Crippen molar-refractivity contribution in [2.24, 2.45) is 0 Å². The van der Waals surface area contributed by atoms with Crippen molar-refractivity contribution in [3.05, 3.63) is 95.3 Å². The first-order chi connectivity index (χ1) is 16.1. The molecule has 0 aliphatic heterocycles. The van der Waals surface area contributed by atoms with Crippen LogP contribution in [0.1, 0.15) is 16.2 Å². The number of hydrogen-bond donors (Lipinski definition) is 1. The number of carbonyl (C=O) groups is 2. The van der Waals surface area contributed by atoms with E-state index < -0.39 is 11.9 Å². The Labute approximate surface area is 194 Å². The van der Waals surface area contributed by atoms with E-state index >= 15 is 0 Å². The Balaban J connectivity index is 1.22. The molecule has 1 heterocycles. The molecule has 4 aromatic rings. The molecule has 0 saturated heterocycles. The van der Waals surface area contributed by atoms with Crippen LogP contribution in [0, 0.1) is 0 Å². The maximum atomic E-state index is 12.3. The summed E-state index contributed by atoms with van der Waals surface area (Å²) in [5.41, 5.74) is 1.07. The molecule has 0 spiro atoms. The second-order valence-corrected chi connectivity index (χ2v) is 7.23. The van der Waals surface area contributed by atoms with Crippen molar-refractivity contribution < 1.29 is 23.5 Å². The zero-order valence-electron chi connectivity index (χ0n) is 17.2. The highest BCUT2D eigenvalue weighted by Crippen LogP contribution is 2.22. The molecule has 0 atom stereocenters. The second kappa shape index (κ2) is 10.4. The largest absolute Gasteiger partial charge is 0.457 e. The van der Waals surface area contributed by atoms with E-state index in [1.165, 1.54) is 0 Å². The molecule has 0 radical (unpaired) electrons. The summed E-state index contributed by atoms with van der Waals surface area (Å²) in [6.45, 7) is -0.514. The fraction of sp³-hybridized carbons (Fsp3) is 0.0833. The molecule has 1 aromatic heterocycles. The van der Waals surface area contributed by atoms with Crippen molar-refractivity contribution in [1.82, 2.24) is 15.5 Å². The first kappa shape index (κ1) is 22.0. The smallest absolute Gasteiger partial charge is 0.325 e. The Morgan fingerprint density at radius 3 is 2.30 bits per heavy atom. The molecule has 8 nitrogen and oxygen atoms in total. The Morgan fingerprint density at radius 1 is 0.879 bits per heavy atom. The van der Waals surface area contributed by atoms with E-state index in [9.17, 15) is 9.59 Å². The van der Waals surface area contributed by atoms with E-state index in [1.54, 1.807) is 48.5 Å². The van der Waals surface area contributed by atoms with Gasteiger partial charge in [0.1, 0.15) is 18.0 Å². The van der Waals surface area contributed by atoms with Crippen molar-refractivity contribution in [3.8, 4) is 23.0 Å². The van der Waals surface area contributed by atoms with Gasteiger partial charge in [-0.15, -0.1) is 10.2 Å². The number of ether oxygens (including phenoxy) is 2. The van der Waals surface area contributed by atoms with Crippen LogP contribution < -0.4 is 10.1 Å². The Morgan fingerprint density at radius 2 is 1.58 bits per heavy atom.